The number of benzene rings is 1. The molecule has 20 heavy (non-hydrogen) atoms. The van der Waals surface area contributed by atoms with Crippen molar-refractivity contribution in [2.45, 2.75) is 33.0 Å². The maximum atomic E-state index is 3.39. The average molecular weight is 272 g/mol. The van der Waals surface area contributed by atoms with Gasteiger partial charge in [-0.05, 0) is 61.6 Å². The van der Waals surface area contributed by atoms with E-state index in [2.05, 4.69) is 60.3 Å². The van der Waals surface area contributed by atoms with E-state index in [1.54, 1.807) is 0 Å². The number of likely N-dealkylation sites (N-methyl/N-ethyl adjacent to an activating group) is 1. The molecule has 4 nitrogen and oxygen atoms in total. The topological polar surface area (TPSA) is 39.3 Å². The largest absolute Gasteiger partial charge is 0.326 e. The second-order valence-electron chi connectivity index (χ2n) is 5.85. The van der Waals surface area contributed by atoms with Crippen LogP contribution in [-0.4, -0.2) is 31.3 Å². The van der Waals surface area contributed by atoms with E-state index in [4.69, 9.17) is 0 Å². The van der Waals surface area contributed by atoms with Gasteiger partial charge < -0.3 is 5.43 Å². The van der Waals surface area contributed by atoms with Crippen molar-refractivity contribution in [1.82, 2.24) is 21.1 Å². The minimum Gasteiger partial charge on any atom is -0.326 e. The Balaban J connectivity index is 1.71. The highest BCUT2D eigenvalue weighted by atomic mass is 15.5. The summed E-state index contributed by atoms with van der Waals surface area (Å²) in [5.41, 5.74) is 13.8. The molecule has 0 amide bonds. The molecule has 1 aliphatic carbocycles. The van der Waals surface area contributed by atoms with E-state index < -0.39 is 0 Å². The third-order valence-corrected chi connectivity index (χ3v) is 4.43. The second kappa shape index (κ2) is 5.56. The van der Waals surface area contributed by atoms with Gasteiger partial charge in [0.15, 0.2) is 0 Å². The van der Waals surface area contributed by atoms with Gasteiger partial charge in [-0.2, -0.15) is 0 Å². The first-order chi connectivity index (χ1) is 9.66. The third-order valence-electron chi connectivity index (χ3n) is 4.43. The van der Waals surface area contributed by atoms with Gasteiger partial charge in [0, 0.05) is 19.3 Å². The molecule has 1 atom stereocenters. The summed E-state index contributed by atoms with van der Waals surface area (Å²) in [5, 5.41) is 3.39. The molecule has 1 aromatic rings. The Morgan fingerprint density at radius 1 is 1.25 bits per heavy atom. The third kappa shape index (κ3) is 2.46. The Morgan fingerprint density at radius 2 is 2.05 bits per heavy atom. The van der Waals surface area contributed by atoms with Crippen molar-refractivity contribution in [3.05, 3.63) is 40.6 Å². The lowest BCUT2D eigenvalue weighted by Crippen LogP contribution is -2.50. The number of nitrogens with zero attached hydrogens (tertiary/aromatic N) is 1. The number of nitrogens with one attached hydrogen (secondary N) is 3. The molecular formula is C16H24N4. The van der Waals surface area contributed by atoms with Gasteiger partial charge in [-0.3, -0.25) is 10.2 Å². The lowest BCUT2D eigenvalue weighted by Gasteiger charge is -2.20. The average Bonchev–Trinajstić information content (AvgIpc) is 3.02. The molecule has 0 radical (unpaired) electrons. The summed E-state index contributed by atoms with van der Waals surface area (Å²) < 4.78 is 0. The number of hydrogen-bond acceptors (Lipinski definition) is 4. The van der Waals surface area contributed by atoms with Gasteiger partial charge in [-0.15, -0.1) is 0 Å². The summed E-state index contributed by atoms with van der Waals surface area (Å²) in [6.07, 6.45) is 4.64. The Bertz CT molecular complexity index is 536. The highest BCUT2D eigenvalue weighted by Crippen LogP contribution is 2.35. The fourth-order valence-corrected chi connectivity index (χ4v) is 3.20. The molecule has 2 aliphatic rings. The van der Waals surface area contributed by atoms with Crippen molar-refractivity contribution in [2.75, 3.05) is 20.1 Å². The molecule has 0 bridgehead atoms. The second-order valence-corrected chi connectivity index (χ2v) is 5.85. The van der Waals surface area contributed by atoms with Crippen LogP contribution in [0, 0.1) is 13.8 Å². The lowest BCUT2D eigenvalue weighted by atomic mass is 9.98. The number of fused-ring (bicyclic) bond motifs is 1. The van der Waals surface area contributed by atoms with Crippen LogP contribution >= 0.6 is 0 Å². The Kier molecular flexibility index (Phi) is 3.78. The molecule has 108 valence electrons. The molecule has 0 saturated carbocycles. The van der Waals surface area contributed by atoms with Crippen molar-refractivity contribution in [3.8, 4) is 0 Å². The Hall–Kier alpha value is -1.36. The van der Waals surface area contributed by atoms with Crippen molar-refractivity contribution in [2.24, 2.45) is 0 Å². The van der Waals surface area contributed by atoms with Crippen LogP contribution in [0.5, 0.6) is 0 Å². The fraction of sp³-hybridized carbons (Fsp3) is 0.500. The Labute approximate surface area is 121 Å². The molecule has 1 unspecified atom stereocenters. The molecule has 1 saturated heterocycles. The van der Waals surface area contributed by atoms with Crippen LogP contribution in [0.4, 0.5) is 0 Å². The van der Waals surface area contributed by atoms with Crippen LogP contribution in [0.15, 0.2) is 18.3 Å². The van der Waals surface area contributed by atoms with E-state index in [-0.39, 0.29) is 6.29 Å². The van der Waals surface area contributed by atoms with Crippen LogP contribution < -0.4 is 16.2 Å². The van der Waals surface area contributed by atoms with Gasteiger partial charge >= 0.3 is 0 Å². The van der Waals surface area contributed by atoms with Gasteiger partial charge in [0.05, 0.1) is 0 Å². The van der Waals surface area contributed by atoms with Gasteiger partial charge in [0.25, 0.3) is 0 Å². The van der Waals surface area contributed by atoms with Gasteiger partial charge in [-0.1, -0.05) is 12.1 Å². The standard InChI is InChI=1S/C16H24N4/c1-11-4-5-12(2)15-13(6-7-14(11)15)10-18-19-16-17-8-9-20(16)3/h4-5,10,16-19H,6-9H2,1-3H3. The van der Waals surface area contributed by atoms with Crippen LogP contribution in [0.1, 0.15) is 28.7 Å². The molecule has 3 rings (SSSR count). The van der Waals surface area contributed by atoms with Crippen molar-refractivity contribution < 1.29 is 0 Å². The van der Waals surface area contributed by atoms with E-state index in [9.17, 15) is 0 Å². The predicted molar refractivity (Wildman–Crippen MR) is 82.9 cm³/mol. The highest BCUT2D eigenvalue weighted by Gasteiger charge is 2.21. The molecule has 1 aromatic carbocycles. The summed E-state index contributed by atoms with van der Waals surface area (Å²) in [7, 11) is 2.12. The summed E-state index contributed by atoms with van der Waals surface area (Å²) in [5.74, 6) is 0. The number of aryl methyl sites for hydroxylation is 2. The molecule has 3 N–H and O–H groups in total. The van der Waals surface area contributed by atoms with Gasteiger partial charge in [0.1, 0.15) is 6.29 Å². The molecule has 0 aromatic heterocycles. The summed E-state index contributed by atoms with van der Waals surface area (Å²) in [6.45, 7) is 6.53. The van der Waals surface area contributed by atoms with Crippen LogP contribution in [0.25, 0.3) is 5.57 Å². The molecule has 1 aliphatic heterocycles. The summed E-state index contributed by atoms with van der Waals surface area (Å²) in [6, 6.07) is 4.47. The SMILES string of the molecule is Cc1ccc(C)c2c1CCC2=CNNC1NCCN1C. The van der Waals surface area contributed by atoms with E-state index in [0.717, 1.165) is 25.9 Å². The van der Waals surface area contributed by atoms with Crippen LogP contribution in [-0.2, 0) is 6.42 Å². The zero-order chi connectivity index (χ0) is 14.1. The molecule has 1 heterocycles. The predicted octanol–water partition coefficient (Wildman–Crippen LogP) is 1.50. The normalized spacial score (nSPS) is 24.4. The minimum atomic E-state index is 0.214. The summed E-state index contributed by atoms with van der Waals surface area (Å²) >= 11 is 0. The summed E-state index contributed by atoms with van der Waals surface area (Å²) in [4.78, 5) is 2.25. The van der Waals surface area contributed by atoms with Crippen LogP contribution in [0.2, 0.25) is 0 Å². The molecular weight excluding hydrogens is 248 g/mol. The van der Waals surface area contributed by atoms with Gasteiger partial charge in [-0.25, -0.2) is 5.43 Å². The van der Waals surface area contributed by atoms with Crippen molar-refractivity contribution in [1.29, 1.82) is 0 Å². The molecule has 4 heteroatoms. The zero-order valence-electron chi connectivity index (χ0n) is 12.6. The van der Waals surface area contributed by atoms with E-state index in [1.165, 1.54) is 27.8 Å². The van der Waals surface area contributed by atoms with E-state index in [0.29, 0.717) is 0 Å². The lowest BCUT2D eigenvalue weighted by molar-refractivity contribution is 0.233. The quantitative estimate of drug-likeness (QED) is 0.729. The maximum absolute atomic E-state index is 3.39. The first-order valence-electron chi connectivity index (χ1n) is 7.40. The van der Waals surface area contributed by atoms with E-state index in [1.807, 2.05) is 0 Å². The molecule has 1 fully saturated rings. The minimum absolute atomic E-state index is 0.214. The monoisotopic (exact) mass is 272 g/mol. The smallest absolute Gasteiger partial charge is 0.131 e. The van der Waals surface area contributed by atoms with Crippen LogP contribution in [0.3, 0.4) is 0 Å². The Morgan fingerprint density at radius 3 is 2.80 bits per heavy atom. The first kappa shape index (κ1) is 13.6. The first-order valence-corrected chi connectivity index (χ1v) is 7.40. The zero-order valence-corrected chi connectivity index (χ0v) is 12.6. The fourth-order valence-electron chi connectivity index (χ4n) is 3.20. The van der Waals surface area contributed by atoms with Crippen molar-refractivity contribution in [3.63, 3.8) is 0 Å². The number of allylic oxidation sites excluding steroid dienone is 1. The van der Waals surface area contributed by atoms with Crippen molar-refractivity contribution >= 4 is 5.57 Å². The highest BCUT2D eigenvalue weighted by molar-refractivity contribution is 5.75. The number of hydrazine groups is 1. The number of rotatable bonds is 3. The number of hydrogen-bond donors (Lipinski definition) is 3. The van der Waals surface area contributed by atoms with E-state index >= 15 is 0 Å². The maximum Gasteiger partial charge on any atom is 0.131 e. The van der Waals surface area contributed by atoms with Gasteiger partial charge in [0.2, 0.25) is 0 Å². The molecule has 0 spiro atoms.